The van der Waals surface area contributed by atoms with E-state index in [-0.39, 0.29) is 18.6 Å². The smallest absolute Gasteiger partial charge is 0.275 e. The monoisotopic (exact) mass is 379 g/mol. The van der Waals surface area contributed by atoms with Crippen molar-refractivity contribution in [3.05, 3.63) is 48.3 Å². The van der Waals surface area contributed by atoms with Gasteiger partial charge in [0.1, 0.15) is 18.2 Å². The maximum atomic E-state index is 12.9. The number of ether oxygens (including phenoxy) is 1. The SMILES string of the molecule is O=C(c1n[nH]c2ccccc12)N1CCOC(COn2nnc3cccnc32)C1. The molecule has 142 valence electrons. The summed E-state index contributed by atoms with van der Waals surface area (Å²) in [4.78, 5) is 25.8. The van der Waals surface area contributed by atoms with E-state index in [4.69, 9.17) is 9.57 Å². The minimum absolute atomic E-state index is 0.126. The molecule has 0 saturated carbocycles. The predicted octanol–water partition coefficient (Wildman–Crippen LogP) is 0.672. The summed E-state index contributed by atoms with van der Waals surface area (Å²) >= 11 is 0. The average molecular weight is 379 g/mol. The van der Waals surface area contributed by atoms with Crippen LogP contribution in [0.3, 0.4) is 0 Å². The van der Waals surface area contributed by atoms with E-state index in [1.54, 1.807) is 23.2 Å². The summed E-state index contributed by atoms with van der Waals surface area (Å²) in [5, 5.41) is 15.8. The summed E-state index contributed by atoms with van der Waals surface area (Å²) in [6.07, 6.45) is 1.36. The number of amides is 1. The topological polar surface area (TPSA) is 111 Å². The Morgan fingerprint density at radius 1 is 1.29 bits per heavy atom. The van der Waals surface area contributed by atoms with Crippen LogP contribution in [-0.4, -0.2) is 73.6 Å². The molecular weight excluding hydrogens is 362 g/mol. The van der Waals surface area contributed by atoms with Gasteiger partial charge in [-0.15, -0.1) is 5.10 Å². The zero-order valence-corrected chi connectivity index (χ0v) is 14.9. The molecule has 1 aliphatic heterocycles. The highest BCUT2D eigenvalue weighted by atomic mass is 16.7. The Labute approximate surface area is 159 Å². The van der Waals surface area contributed by atoms with Gasteiger partial charge in [0, 0.05) is 18.1 Å². The van der Waals surface area contributed by atoms with Crippen LogP contribution in [0.4, 0.5) is 0 Å². The molecule has 1 amide bonds. The summed E-state index contributed by atoms with van der Waals surface area (Å²) in [7, 11) is 0. The second-order valence-electron chi connectivity index (χ2n) is 6.47. The second-order valence-corrected chi connectivity index (χ2v) is 6.47. The third kappa shape index (κ3) is 2.93. The molecule has 1 atom stereocenters. The summed E-state index contributed by atoms with van der Waals surface area (Å²) in [5.74, 6) is -0.126. The number of nitrogens with zero attached hydrogens (tertiary/aromatic N) is 6. The number of aromatic nitrogens is 6. The zero-order valence-electron chi connectivity index (χ0n) is 14.9. The number of hydrogen-bond donors (Lipinski definition) is 1. The highest BCUT2D eigenvalue weighted by molar-refractivity contribution is 6.04. The van der Waals surface area contributed by atoms with E-state index in [9.17, 15) is 4.79 Å². The number of para-hydroxylation sites is 1. The van der Waals surface area contributed by atoms with Crippen LogP contribution in [-0.2, 0) is 4.74 Å². The first-order valence-electron chi connectivity index (χ1n) is 8.93. The van der Waals surface area contributed by atoms with E-state index in [1.165, 1.54) is 4.85 Å². The molecule has 0 spiro atoms. The normalized spacial score (nSPS) is 17.3. The molecule has 4 heterocycles. The molecule has 3 aromatic heterocycles. The van der Waals surface area contributed by atoms with Crippen molar-refractivity contribution in [1.82, 2.24) is 35.2 Å². The number of morpholine rings is 1. The zero-order chi connectivity index (χ0) is 18.9. The van der Waals surface area contributed by atoms with Gasteiger partial charge in [0.2, 0.25) is 5.65 Å². The first kappa shape index (κ1) is 16.6. The molecule has 10 nitrogen and oxygen atoms in total. The van der Waals surface area contributed by atoms with E-state index in [0.29, 0.717) is 36.6 Å². The molecule has 0 bridgehead atoms. The van der Waals surface area contributed by atoms with Crippen LogP contribution in [0.1, 0.15) is 10.5 Å². The van der Waals surface area contributed by atoms with Gasteiger partial charge in [0.05, 0.1) is 18.7 Å². The molecule has 0 aliphatic carbocycles. The van der Waals surface area contributed by atoms with Gasteiger partial charge in [-0.05, 0) is 23.4 Å². The molecule has 5 rings (SSSR count). The van der Waals surface area contributed by atoms with E-state index >= 15 is 0 Å². The Balaban J connectivity index is 1.27. The van der Waals surface area contributed by atoms with Crippen molar-refractivity contribution in [2.75, 3.05) is 26.3 Å². The summed E-state index contributed by atoms with van der Waals surface area (Å²) < 4.78 is 5.74. The molecular formula is C18H17N7O3. The minimum Gasteiger partial charge on any atom is -0.391 e. The van der Waals surface area contributed by atoms with Crippen LogP contribution in [0.5, 0.6) is 0 Å². The third-order valence-corrected chi connectivity index (χ3v) is 4.66. The van der Waals surface area contributed by atoms with Crippen LogP contribution in [0, 0.1) is 0 Å². The maximum absolute atomic E-state index is 12.9. The van der Waals surface area contributed by atoms with E-state index in [2.05, 4.69) is 25.5 Å². The lowest BCUT2D eigenvalue weighted by atomic mass is 10.2. The number of carbonyl (C=O) groups excluding carboxylic acids is 1. The molecule has 10 heteroatoms. The summed E-state index contributed by atoms with van der Waals surface area (Å²) in [6, 6.07) is 11.2. The van der Waals surface area contributed by atoms with Crippen molar-refractivity contribution in [1.29, 1.82) is 0 Å². The Bertz CT molecular complexity index is 1140. The van der Waals surface area contributed by atoms with Crippen molar-refractivity contribution < 1.29 is 14.4 Å². The standard InChI is InChI=1S/C18H17N7O3/c26-18(16-13-4-1-2-5-14(13)20-22-16)24-8-9-27-12(10-24)11-28-25-17-15(21-23-25)6-3-7-19-17/h1-7,12H,8-11H2,(H,20,22). The van der Waals surface area contributed by atoms with Crippen molar-refractivity contribution in [2.24, 2.45) is 0 Å². The van der Waals surface area contributed by atoms with Crippen LogP contribution < -0.4 is 4.84 Å². The average Bonchev–Trinajstić information content (AvgIpc) is 3.36. The Kier molecular flexibility index (Phi) is 4.09. The molecule has 1 saturated heterocycles. The second kappa shape index (κ2) is 6.89. The van der Waals surface area contributed by atoms with Gasteiger partial charge in [-0.1, -0.05) is 23.0 Å². The number of benzene rings is 1. The molecule has 4 aromatic rings. The van der Waals surface area contributed by atoms with Crippen molar-refractivity contribution in [2.45, 2.75) is 6.10 Å². The molecule has 1 fully saturated rings. The molecule has 1 aliphatic rings. The fourth-order valence-electron chi connectivity index (χ4n) is 3.27. The lowest BCUT2D eigenvalue weighted by molar-refractivity contribution is -0.0681. The number of pyridine rings is 1. The van der Waals surface area contributed by atoms with Gasteiger partial charge < -0.3 is 14.5 Å². The summed E-state index contributed by atoms with van der Waals surface area (Å²) in [5.41, 5.74) is 2.44. The van der Waals surface area contributed by atoms with E-state index < -0.39 is 0 Å². The number of fused-ring (bicyclic) bond motifs is 2. The van der Waals surface area contributed by atoms with E-state index in [0.717, 1.165) is 10.9 Å². The number of hydrogen-bond acceptors (Lipinski definition) is 7. The van der Waals surface area contributed by atoms with E-state index in [1.807, 2.05) is 24.3 Å². The molecule has 0 radical (unpaired) electrons. The van der Waals surface area contributed by atoms with Gasteiger partial charge in [0.15, 0.2) is 5.69 Å². The van der Waals surface area contributed by atoms with Gasteiger partial charge in [-0.2, -0.15) is 5.10 Å². The first-order valence-corrected chi connectivity index (χ1v) is 8.93. The Morgan fingerprint density at radius 2 is 2.21 bits per heavy atom. The fourth-order valence-corrected chi connectivity index (χ4v) is 3.27. The number of rotatable bonds is 4. The van der Waals surface area contributed by atoms with Crippen LogP contribution in [0.15, 0.2) is 42.6 Å². The number of carbonyl (C=O) groups is 1. The highest BCUT2D eigenvalue weighted by Crippen LogP contribution is 2.18. The summed E-state index contributed by atoms with van der Waals surface area (Å²) in [6.45, 7) is 1.56. The molecule has 28 heavy (non-hydrogen) atoms. The van der Waals surface area contributed by atoms with Crippen molar-refractivity contribution in [3.63, 3.8) is 0 Å². The van der Waals surface area contributed by atoms with Crippen LogP contribution >= 0.6 is 0 Å². The van der Waals surface area contributed by atoms with Crippen molar-refractivity contribution in [3.8, 4) is 0 Å². The number of nitrogens with one attached hydrogen (secondary N) is 1. The first-order chi connectivity index (χ1) is 13.8. The highest BCUT2D eigenvalue weighted by Gasteiger charge is 2.28. The lowest BCUT2D eigenvalue weighted by Gasteiger charge is -2.32. The van der Waals surface area contributed by atoms with Gasteiger partial charge in [-0.3, -0.25) is 9.89 Å². The van der Waals surface area contributed by atoms with Gasteiger partial charge in [-0.25, -0.2) is 4.98 Å². The molecule has 1 unspecified atom stereocenters. The molecule has 1 aromatic carbocycles. The molecule has 1 N–H and O–H groups in total. The van der Waals surface area contributed by atoms with Gasteiger partial charge >= 0.3 is 0 Å². The number of H-pyrrole nitrogens is 1. The Hall–Kier alpha value is -3.53. The predicted molar refractivity (Wildman–Crippen MR) is 98.5 cm³/mol. The lowest BCUT2D eigenvalue weighted by Crippen LogP contribution is -2.48. The van der Waals surface area contributed by atoms with Gasteiger partial charge in [0.25, 0.3) is 5.91 Å². The fraction of sp³-hybridized carbons (Fsp3) is 0.278. The Morgan fingerprint density at radius 3 is 3.18 bits per heavy atom. The largest absolute Gasteiger partial charge is 0.391 e. The van der Waals surface area contributed by atoms with Crippen LogP contribution in [0.2, 0.25) is 0 Å². The minimum atomic E-state index is -0.286. The third-order valence-electron chi connectivity index (χ3n) is 4.66. The number of aromatic amines is 1. The van der Waals surface area contributed by atoms with Crippen LogP contribution in [0.25, 0.3) is 22.1 Å². The van der Waals surface area contributed by atoms with Crippen molar-refractivity contribution >= 4 is 28.0 Å². The quantitative estimate of drug-likeness (QED) is 0.555. The maximum Gasteiger partial charge on any atom is 0.275 e.